The van der Waals surface area contributed by atoms with Crippen LogP contribution in [0, 0.1) is 18.3 Å². The zero-order valence-corrected chi connectivity index (χ0v) is 24.9. The number of nitrogens with zero attached hydrogens (tertiary/aromatic N) is 3. The third kappa shape index (κ3) is 6.75. The molecule has 1 atom stereocenters. The number of carbonyl (C=O) groups excluding carboxylic acids is 4. The maximum atomic E-state index is 13.8. The summed E-state index contributed by atoms with van der Waals surface area (Å²) < 4.78 is 5.69. The molecule has 3 N–H and O–H groups in total. The Morgan fingerprint density at radius 2 is 1.75 bits per heavy atom. The van der Waals surface area contributed by atoms with Crippen LogP contribution in [-0.2, 0) is 9.59 Å². The van der Waals surface area contributed by atoms with Gasteiger partial charge in [-0.05, 0) is 75.4 Å². The Morgan fingerprint density at radius 3 is 2.50 bits per heavy atom. The first-order chi connectivity index (χ1) is 21.3. The van der Waals surface area contributed by atoms with E-state index in [0.29, 0.717) is 37.3 Å². The number of ketones is 1. The molecular weight excluding hydrogens is 560 g/mol. The van der Waals surface area contributed by atoms with Crippen LogP contribution in [0.3, 0.4) is 0 Å². The second kappa shape index (κ2) is 13.5. The number of anilines is 1. The molecule has 5 rings (SSSR count). The highest BCUT2D eigenvalue weighted by Crippen LogP contribution is 2.25. The molecule has 0 spiro atoms. The van der Waals surface area contributed by atoms with E-state index in [2.05, 4.69) is 16.0 Å². The monoisotopic (exact) mass is 596 g/mol. The molecule has 3 aromatic rings. The molecule has 2 fully saturated rings. The van der Waals surface area contributed by atoms with E-state index >= 15 is 0 Å². The van der Waals surface area contributed by atoms with Crippen LogP contribution in [0.15, 0.2) is 64.3 Å². The Kier molecular flexibility index (Phi) is 9.29. The van der Waals surface area contributed by atoms with Crippen molar-refractivity contribution in [3.05, 3.63) is 76.8 Å². The van der Waals surface area contributed by atoms with Gasteiger partial charge in [0, 0.05) is 48.9 Å². The van der Waals surface area contributed by atoms with Gasteiger partial charge in [-0.25, -0.2) is 0 Å². The second-order valence-corrected chi connectivity index (χ2v) is 11.1. The average Bonchev–Trinajstić information content (AvgIpc) is 3.67. The minimum atomic E-state index is -0.778. The highest BCUT2D eigenvalue weighted by molar-refractivity contribution is 6.13. The standard InChI is InChI=1S/C33H36N6O5/c1-21-16-24-18-25(11-12-28(24)44-21)36-31(26(19-34)30(41)22-8-7-9-23(17-22)32(42)35-2)37-27-10-3-4-15-39(33(27)43)20-29(40)38-13-5-6-14-38/h7-9,11-12,16-18,27,36-37H,3-6,10,13-15,20H2,1-2H3,(H,35,42)/b31-26+/t27-/m0/s1. The van der Waals surface area contributed by atoms with Gasteiger partial charge in [0.05, 0.1) is 6.54 Å². The van der Waals surface area contributed by atoms with Crippen LogP contribution in [0.4, 0.5) is 5.69 Å². The quantitative estimate of drug-likeness (QED) is 0.192. The van der Waals surface area contributed by atoms with Crippen molar-refractivity contribution >= 4 is 40.2 Å². The van der Waals surface area contributed by atoms with Crippen molar-refractivity contribution in [2.75, 3.05) is 38.5 Å². The highest BCUT2D eigenvalue weighted by Gasteiger charge is 2.32. The van der Waals surface area contributed by atoms with Gasteiger partial charge in [-0.2, -0.15) is 5.26 Å². The Balaban J connectivity index is 1.49. The Labute approximate surface area is 255 Å². The number of rotatable bonds is 9. The van der Waals surface area contributed by atoms with Gasteiger partial charge in [-0.15, -0.1) is 0 Å². The molecule has 2 saturated heterocycles. The van der Waals surface area contributed by atoms with Gasteiger partial charge in [0.2, 0.25) is 17.6 Å². The van der Waals surface area contributed by atoms with E-state index in [-0.39, 0.29) is 46.8 Å². The number of likely N-dealkylation sites (tertiary alicyclic amines) is 2. The van der Waals surface area contributed by atoms with E-state index in [1.54, 1.807) is 34.1 Å². The van der Waals surface area contributed by atoms with Crippen LogP contribution < -0.4 is 16.0 Å². The van der Waals surface area contributed by atoms with E-state index in [1.807, 2.05) is 25.1 Å². The van der Waals surface area contributed by atoms with Gasteiger partial charge in [0.1, 0.15) is 34.8 Å². The molecule has 0 bridgehead atoms. The molecule has 0 unspecified atom stereocenters. The van der Waals surface area contributed by atoms with Gasteiger partial charge in [0.25, 0.3) is 5.91 Å². The maximum Gasteiger partial charge on any atom is 0.251 e. The Hall–Kier alpha value is -5.11. The minimum Gasteiger partial charge on any atom is -0.461 e. The Morgan fingerprint density at radius 1 is 1.00 bits per heavy atom. The lowest BCUT2D eigenvalue weighted by Gasteiger charge is -2.28. The lowest BCUT2D eigenvalue weighted by molar-refractivity contribution is -0.140. The molecular formula is C33H36N6O5. The topological polar surface area (TPSA) is 148 Å². The molecule has 11 heteroatoms. The minimum absolute atomic E-state index is 0.00365. The number of aryl methyl sites for hydroxylation is 1. The number of amides is 3. The van der Waals surface area contributed by atoms with Crippen molar-refractivity contribution in [3.8, 4) is 6.07 Å². The van der Waals surface area contributed by atoms with Gasteiger partial charge in [-0.3, -0.25) is 19.2 Å². The lowest BCUT2D eigenvalue weighted by atomic mass is 10.0. The van der Waals surface area contributed by atoms with Gasteiger partial charge >= 0.3 is 0 Å². The molecule has 0 saturated carbocycles. The largest absolute Gasteiger partial charge is 0.461 e. The lowest BCUT2D eigenvalue weighted by Crippen LogP contribution is -2.49. The van der Waals surface area contributed by atoms with E-state index in [9.17, 15) is 24.4 Å². The van der Waals surface area contributed by atoms with E-state index in [0.717, 1.165) is 36.8 Å². The molecule has 2 aliphatic rings. The Bertz CT molecular complexity index is 1660. The number of hydrogen-bond donors (Lipinski definition) is 3. The normalized spacial score (nSPS) is 17.5. The summed E-state index contributed by atoms with van der Waals surface area (Å²) in [6.07, 6.45) is 3.83. The third-order valence-corrected chi connectivity index (χ3v) is 8.00. The predicted molar refractivity (Wildman–Crippen MR) is 165 cm³/mol. The van der Waals surface area contributed by atoms with Crippen molar-refractivity contribution < 1.29 is 23.6 Å². The maximum absolute atomic E-state index is 13.8. The highest BCUT2D eigenvalue weighted by atomic mass is 16.3. The van der Waals surface area contributed by atoms with E-state index in [1.165, 1.54) is 19.2 Å². The number of nitrogens with one attached hydrogen (secondary N) is 3. The molecule has 3 heterocycles. The van der Waals surface area contributed by atoms with E-state index in [4.69, 9.17) is 4.42 Å². The number of nitriles is 1. The summed E-state index contributed by atoms with van der Waals surface area (Å²) in [4.78, 5) is 56.1. The predicted octanol–water partition coefficient (Wildman–Crippen LogP) is 3.72. The summed E-state index contributed by atoms with van der Waals surface area (Å²) in [5.41, 5.74) is 1.43. The summed E-state index contributed by atoms with van der Waals surface area (Å²) in [5.74, 6) is -0.513. The molecule has 11 nitrogen and oxygen atoms in total. The van der Waals surface area contributed by atoms with Crippen molar-refractivity contribution in [3.63, 3.8) is 0 Å². The molecule has 2 aliphatic heterocycles. The number of hydrogen-bond acceptors (Lipinski definition) is 8. The van der Waals surface area contributed by atoms with E-state index < -0.39 is 11.8 Å². The van der Waals surface area contributed by atoms with Gasteiger partial charge in [0.15, 0.2) is 0 Å². The van der Waals surface area contributed by atoms with Gasteiger partial charge < -0.3 is 30.2 Å². The third-order valence-electron chi connectivity index (χ3n) is 8.00. The van der Waals surface area contributed by atoms with Gasteiger partial charge in [-0.1, -0.05) is 12.1 Å². The second-order valence-electron chi connectivity index (χ2n) is 11.1. The van der Waals surface area contributed by atoms with Crippen LogP contribution in [0.25, 0.3) is 11.0 Å². The number of furan rings is 1. The summed E-state index contributed by atoms with van der Waals surface area (Å²) in [7, 11) is 1.49. The molecule has 0 radical (unpaired) electrons. The number of fused-ring (bicyclic) bond motifs is 1. The number of benzene rings is 2. The first-order valence-electron chi connectivity index (χ1n) is 14.9. The number of Topliss-reactive ketones (excluding diaryl/α,β-unsaturated/α-hetero) is 1. The van der Waals surface area contributed by atoms with Crippen LogP contribution >= 0.6 is 0 Å². The fraction of sp³-hybridized carbons (Fsp3) is 0.364. The summed E-state index contributed by atoms with van der Waals surface area (Å²) in [5, 5.41) is 20.0. The summed E-state index contributed by atoms with van der Waals surface area (Å²) >= 11 is 0. The van der Waals surface area contributed by atoms with Crippen LogP contribution in [0.2, 0.25) is 0 Å². The number of carbonyl (C=O) groups is 4. The number of allylic oxidation sites excluding steroid dienone is 1. The molecule has 3 amide bonds. The van der Waals surface area contributed by atoms with Crippen LogP contribution in [0.1, 0.15) is 58.6 Å². The smallest absolute Gasteiger partial charge is 0.251 e. The molecule has 0 aliphatic carbocycles. The first-order valence-corrected chi connectivity index (χ1v) is 14.9. The fourth-order valence-electron chi connectivity index (χ4n) is 5.68. The molecule has 1 aromatic heterocycles. The molecule has 228 valence electrons. The zero-order valence-electron chi connectivity index (χ0n) is 24.9. The molecule has 44 heavy (non-hydrogen) atoms. The van der Waals surface area contributed by atoms with Crippen LogP contribution in [0.5, 0.6) is 0 Å². The van der Waals surface area contributed by atoms with Crippen molar-refractivity contribution in [2.24, 2.45) is 0 Å². The molecule has 2 aromatic carbocycles. The first kappa shape index (κ1) is 30.4. The van der Waals surface area contributed by atoms with Crippen molar-refractivity contribution in [1.29, 1.82) is 5.26 Å². The fourth-order valence-corrected chi connectivity index (χ4v) is 5.68. The van der Waals surface area contributed by atoms with Crippen molar-refractivity contribution in [1.82, 2.24) is 20.4 Å². The SMILES string of the molecule is CNC(=O)c1cccc(C(=O)/C(C#N)=C(\Nc2ccc3oc(C)cc3c2)N[C@H]2CCCCN(CC(=O)N3CCCC3)C2=O)c1. The average molecular weight is 597 g/mol. The van der Waals surface area contributed by atoms with Crippen molar-refractivity contribution in [2.45, 2.75) is 45.1 Å². The summed E-state index contributed by atoms with van der Waals surface area (Å²) in [6, 6.07) is 14.6. The summed E-state index contributed by atoms with van der Waals surface area (Å²) in [6.45, 7) is 3.70. The zero-order chi connectivity index (χ0) is 31.2. The van der Waals surface area contributed by atoms with Crippen LogP contribution in [-0.4, -0.2) is 72.6 Å².